The summed E-state index contributed by atoms with van der Waals surface area (Å²) in [4.78, 5) is 0. The minimum absolute atomic E-state index is 0.131. The molecule has 0 saturated heterocycles. The molecular weight excluding hydrogens is 256 g/mol. The Hall–Kier alpha value is -1.90. The molecule has 0 radical (unpaired) electrons. The molecule has 0 bridgehead atoms. The monoisotopic (exact) mass is 275 g/mol. The molecular formula is C17H19F2N. The summed E-state index contributed by atoms with van der Waals surface area (Å²) in [5.41, 5.74) is 3.08. The molecule has 0 fully saturated rings. The largest absolute Gasteiger partial charge is 0.381 e. The summed E-state index contributed by atoms with van der Waals surface area (Å²) in [6.07, 6.45) is 0. The fraction of sp³-hybridized carbons (Fsp3) is 0.294. The third-order valence-corrected chi connectivity index (χ3v) is 3.24. The predicted octanol–water partition coefficient (Wildman–Crippen LogP) is 4.87. The number of hydrogen-bond donors (Lipinski definition) is 1. The van der Waals surface area contributed by atoms with E-state index in [0.29, 0.717) is 12.2 Å². The lowest BCUT2D eigenvalue weighted by Gasteiger charge is -2.19. The average Bonchev–Trinajstić information content (AvgIpc) is 2.40. The second-order valence-corrected chi connectivity index (χ2v) is 5.93. The number of hydrogen-bond acceptors (Lipinski definition) is 1. The quantitative estimate of drug-likeness (QED) is 0.842. The lowest BCUT2D eigenvalue weighted by atomic mass is 9.87. The highest BCUT2D eigenvalue weighted by Gasteiger charge is 2.12. The van der Waals surface area contributed by atoms with Gasteiger partial charge in [-0.1, -0.05) is 45.0 Å². The van der Waals surface area contributed by atoms with Gasteiger partial charge in [-0.2, -0.15) is 0 Å². The zero-order valence-electron chi connectivity index (χ0n) is 12.0. The molecule has 2 aromatic carbocycles. The molecule has 1 nitrogen and oxygen atoms in total. The van der Waals surface area contributed by atoms with E-state index in [1.165, 1.54) is 17.7 Å². The predicted molar refractivity (Wildman–Crippen MR) is 78.8 cm³/mol. The molecule has 0 aliphatic rings. The molecule has 0 unspecified atom stereocenters. The number of rotatable bonds is 3. The van der Waals surface area contributed by atoms with Gasteiger partial charge < -0.3 is 5.32 Å². The number of anilines is 1. The first-order chi connectivity index (χ1) is 9.36. The van der Waals surface area contributed by atoms with E-state index in [1.807, 2.05) is 12.1 Å². The Morgan fingerprint density at radius 1 is 0.900 bits per heavy atom. The van der Waals surface area contributed by atoms with Crippen molar-refractivity contribution in [2.75, 3.05) is 5.32 Å². The first-order valence-electron chi connectivity index (χ1n) is 6.64. The molecule has 0 aliphatic heterocycles. The van der Waals surface area contributed by atoms with E-state index in [-0.39, 0.29) is 5.41 Å². The minimum atomic E-state index is -0.835. The van der Waals surface area contributed by atoms with E-state index in [1.54, 1.807) is 0 Å². The van der Waals surface area contributed by atoms with Crippen LogP contribution in [0.1, 0.15) is 31.9 Å². The van der Waals surface area contributed by atoms with Crippen LogP contribution in [0, 0.1) is 11.6 Å². The van der Waals surface area contributed by atoms with Crippen molar-refractivity contribution in [1.82, 2.24) is 0 Å². The number of nitrogens with one attached hydrogen (secondary N) is 1. The van der Waals surface area contributed by atoms with E-state index in [4.69, 9.17) is 0 Å². The minimum Gasteiger partial charge on any atom is -0.381 e. The Kier molecular flexibility index (Phi) is 4.07. The van der Waals surface area contributed by atoms with Crippen molar-refractivity contribution < 1.29 is 8.78 Å². The smallest absolute Gasteiger partial charge is 0.160 e. The molecule has 0 saturated carbocycles. The third kappa shape index (κ3) is 3.56. The van der Waals surface area contributed by atoms with E-state index < -0.39 is 11.6 Å². The van der Waals surface area contributed by atoms with Gasteiger partial charge in [0.15, 0.2) is 11.6 Å². The summed E-state index contributed by atoms with van der Waals surface area (Å²) in [7, 11) is 0. The summed E-state index contributed by atoms with van der Waals surface area (Å²) >= 11 is 0. The molecule has 0 amide bonds. The van der Waals surface area contributed by atoms with Gasteiger partial charge in [0.05, 0.1) is 0 Å². The van der Waals surface area contributed by atoms with E-state index in [0.717, 1.165) is 11.6 Å². The van der Waals surface area contributed by atoms with Crippen molar-refractivity contribution in [1.29, 1.82) is 0 Å². The van der Waals surface area contributed by atoms with Gasteiger partial charge in [-0.05, 0) is 28.7 Å². The summed E-state index contributed by atoms with van der Waals surface area (Å²) in [5.74, 6) is -1.66. The summed E-state index contributed by atoms with van der Waals surface area (Å²) in [6, 6.07) is 12.1. The Bertz CT molecular complexity index is 583. The van der Waals surface area contributed by atoms with Crippen LogP contribution in [-0.4, -0.2) is 0 Å². The van der Waals surface area contributed by atoms with Gasteiger partial charge in [-0.3, -0.25) is 0 Å². The van der Waals surface area contributed by atoms with Crippen molar-refractivity contribution in [2.24, 2.45) is 0 Å². The highest BCUT2D eigenvalue weighted by Crippen LogP contribution is 2.22. The van der Waals surface area contributed by atoms with Crippen molar-refractivity contribution in [3.63, 3.8) is 0 Å². The third-order valence-electron chi connectivity index (χ3n) is 3.24. The van der Waals surface area contributed by atoms with E-state index in [9.17, 15) is 8.78 Å². The van der Waals surface area contributed by atoms with Gasteiger partial charge in [0.2, 0.25) is 0 Å². The van der Waals surface area contributed by atoms with Crippen molar-refractivity contribution in [3.05, 3.63) is 65.2 Å². The Balaban J connectivity index is 2.02. The Labute approximate surface area is 118 Å². The Morgan fingerprint density at radius 3 is 2.10 bits per heavy atom. The van der Waals surface area contributed by atoms with E-state index >= 15 is 0 Å². The fourth-order valence-electron chi connectivity index (χ4n) is 1.93. The van der Waals surface area contributed by atoms with Gasteiger partial charge in [-0.25, -0.2) is 8.78 Å². The van der Waals surface area contributed by atoms with Crippen LogP contribution in [0.5, 0.6) is 0 Å². The van der Waals surface area contributed by atoms with Gasteiger partial charge in [0, 0.05) is 18.3 Å². The van der Waals surface area contributed by atoms with Gasteiger partial charge in [0.25, 0.3) is 0 Å². The van der Waals surface area contributed by atoms with Crippen LogP contribution in [-0.2, 0) is 12.0 Å². The molecule has 0 aliphatic carbocycles. The second kappa shape index (κ2) is 5.61. The number of benzene rings is 2. The van der Waals surface area contributed by atoms with Gasteiger partial charge >= 0.3 is 0 Å². The lowest BCUT2D eigenvalue weighted by molar-refractivity contribution is 0.509. The van der Waals surface area contributed by atoms with Crippen molar-refractivity contribution in [3.8, 4) is 0 Å². The fourth-order valence-corrected chi connectivity index (χ4v) is 1.93. The first-order valence-corrected chi connectivity index (χ1v) is 6.64. The van der Waals surface area contributed by atoms with E-state index in [2.05, 4.69) is 38.2 Å². The average molecular weight is 275 g/mol. The van der Waals surface area contributed by atoms with Crippen LogP contribution in [0.2, 0.25) is 0 Å². The van der Waals surface area contributed by atoms with Crippen LogP contribution in [0.3, 0.4) is 0 Å². The van der Waals surface area contributed by atoms with Crippen LogP contribution >= 0.6 is 0 Å². The second-order valence-electron chi connectivity index (χ2n) is 5.93. The van der Waals surface area contributed by atoms with Gasteiger partial charge in [0.1, 0.15) is 0 Å². The highest BCUT2D eigenvalue weighted by atomic mass is 19.2. The summed E-state index contributed by atoms with van der Waals surface area (Å²) in [6.45, 7) is 7.08. The maximum absolute atomic E-state index is 13.1. The number of halogens is 2. The molecule has 0 spiro atoms. The molecule has 0 atom stereocenters. The summed E-state index contributed by atoms with van der Waals surface area (Å²) < 4.78 is 25.9. The molecule has 0 heterocycles. The van der Waals surface area contributed by atoms with Crippen molar-refractivity contribution in [2.45, 2.75) is 32.7 Å². The highest BCUT2D eigenvalue weighted by molar-refractivity contribution is 5.44. The van der Waals surface area contributed by atoms with Gasteiger partial charge in [-0.15, -0.1) is 0 Å². The molecule has 2 rings (SSSR count). The first kappa shape index (κ1) is 14.5. The SMILES string of the molecule is CC(C)(C)c1ccc(CNc2ccc(F)c(F)c2)cc1. The zero-order valence-corrected chi connectivity index (χ0v) is 12.0. The maximum atomic E-state index is 13.1. The van der Waals surface area contributed by atoms with Crippen LogP contribution in [0.4, 0.5) is 14.5 Å². The zero-order chi connectivity index (χ0) is 14.8. The molecule has 2 aromatic rings. The molecule has 0 aromatic heterocycles. The van der Waals surface area contributed by atoms with Crippen molar-refractivity contribution >= 4 is 5.69 Å². The maximum Gasteiger partial charge on any atom is 0.160 e. The Morgan fingerprint density at radius 2 is 1.55 bits per heavy atom. The summed E-state index contributed by atoms with van der Waals surface area (Å²) in [5, 5.41) is 3.08. The molecule has 3 heteroatoms. The van der Waals surface area contributed by atoms with Crippen LogP contribution in [0.15, 0.2) is 42.5 Å². The lowest BCUT2D eigenvalue weighted by Crippen LogP contribution is -2.11. The standard InChI is InChI=1S/C17H19F2N/c1-17(2,3)13-6-4-12(5-7-13)11-20-14-8-9-15(18)16(19)10-14/h4-10,20H,11H2,1-3H3. The topological polar surface area (TPSA) is 12.0 Å². The molecule has 1 N–H and O–H groups in total. The normalized spacial score (nSPS) is 11.4. The van der Waals surface area contributed by atoms with Crippen LogP contribution < -0.4 is 5.32 Å². The molecule has 106 valence electrons. The molecule has 20 heavy (non-hydrogen) atoms. The van der Waals surface area contributed by atoms with Crippen LogP contribution in [0.25, 0.3) is 0 Å².